The smallest absolute Gasteiger partial charge is 0.250 e. The van der Waals surface area contributed by atoms with Crippen LogP contribution in [0, 0.1) is 0 Å². The predicted molar refractivity (Wildman–Crippen MR) is 87.9 cm³/mol. The Balaban J connectivity index is 2.36. The van der Waals surface area contributed by atoms with E-state index in [0.717, 1.165) is 5.56 Å². The number of nitrogens with zero attached hydrogens (tertiary/aromatic N) is 1. The highest BCUT2D eigenvalue weighted by Gasteiger charge is 2.14. The maximum Gasteiger partial charge on any atom is 0.250 e. The van der Waals surface area contributed by atoms with Gasteiger partial charge in [-0.05, 0) is 42.0 Å². The Hall–Kier alpha value is -1.91. The van der Waals surface area contributed by atoms with Crippen LogP contribution in [0.3, 0.4) is 0 Å². The Morgan fingerprint density at radius 2 is 1.90 bits per heavy atom. The van der Waals surface area contributed by atoms with E-state index >= 15 is 0 Å². The molecule has 0 aliphatic heterocycles. The lowest BCUT2D eigenvalue weighted by Gasteiger charge is -2.22. The Kier molecular flexibility index (Phi) is 4.60. The van der Waals surface area contributed by atoms with Crippen LogP contribution in [0.2, 0.25) is 10.0 Å². The van der Waals surface area contributed by atoms with Crippen LogP contribution in [-0.4, -0.2) is 13.0 Å². The van der Waals surface area contributed by atoms with Gasteiger partial charge in [0.05, 0.1) is 11.3 Å². The number of benzene rings is 2. The minimum Gasteiger partial charge on any atom is -0.399 e. The third kappa shape index (κ3) is 3.60. The van der Waals surface area contributed by atoms with Crippen molar-refractivity contribution < 1.29 is 4.79 Å². The molecule has 2 rings (SSSR count). The first-order chi connectivity index (χ1) is 9.88. The second-order valence-electron chi connectivity index (χ2n) is 4.73. The summed E-state index contributed by atoms with van der Waals surface area (Å²) in [5.74, 6) is -0.507. The molecule has 0 unspecified atom stereocenters. The molecule has 6 heteroatoms. The number of rotatable bonds is 4. The minimum atomic E-state index is -0.507. The van der Waals surface area contributed by atoms with Gasteiger partial charge in [-0.1, -0.05) is 23.2 Å². The van der Waals surface area contributed by atoms with Crippen molar-refractivity contribution in [3.63, 3.8) is 0 Å². The van der Waals surface area contributed by atoms with Gasteiger partial charge >= 0.3 is 0 Å². The maximum absolute atomic E-state index is 11.5. The first kappa shape index (κ1) is 15.5. The molecule has 0 atom stereocenters. The number of hydrogen-bond donors (Lipinski definition) is 2. The summed E-state index contributed by atoms with van der Waals surface area (Å²) in [6, 6.07) is 10.2. The van der Waals surface area contributed by atoms with E-state index in [0.29, 0.717) is 33.5 Å². The van der Waals surface area contributed by atoms with Gasteiger partial charge in [0.1, 0.15) is 0 Å². The fraction of sp³-hybridized carbons (Fsp3) is 0.133. The van der Waals surface area contributed by atoms with Gasteiger partial charge in [0.15, 0.2) is 0 Å². The average molecular weight is 324 g/mol. The molecule has 2 aromatic carbocycles. The Labute approximate surface area is 133 Å². The summed E-state index contributed by atoms with van der Waals surface area (Å²) >= 11 is 12.2. The summed E-state index contributed by atoms with van der Waals surface area (Å²) in [4.78, 5) is 13.4. The summed E-state index contributed by atoms with van der Waals surface area (Å²) in [6.45, 7) is 0.477. The first-order valence-electron chi connectivity index (χ1n) is 6.23. The Morgan fingerprint density at radius 3 is 2.57 bits per heavy atom. The van der Waals surface area contributed by atoms with Gasteiger partial charge in [-0.3, -0.25) is 4.79 Å². The zero-order valence-electron chi connectivity index (χ0n) is 11.4. The summed E-state index contributed by atoms with van der Waals surface area (Å²) in [6.07, 6.45) is 0. The van der Waals surface area contributed by atoms with Crippen molar-refractivity contribution in [3.8, 4) is 0 Å². The second-order valence-corrected chi connectivity index (χ2v) is 5.58. The standard InChI is InChI=1S/C15H15Cl2N3O/c1-20(8-9-6-11(18)3-5-13(9)17)14-7-10(16)2-4-12(14)15(19)21/h2-7H,8,18H2,1H3,(H2,19,21). The summed E-state index contributed by atoms with van der Waals surface area (Å²) in [7, 11) is 1.83. The van der Waals surface area contributed by atoms with Gasteiger partial charge in [0.25, 0.3) is 5.91 Å². The molecule has 0 spiro atoms. The van der Waals surface area contributed by atoms with Gasteiger partial charge in [-0.25, -0.2) is 0 Å². The highest BCUT2D eigenvalue weighted by atomic mass is 35.5. The lowest BCUT2D eigenvalue weighted by Crippen LogP contribution is -2.22. The molecule has 0 aromatic heterocycles. The predicted octanol–water partition coefficient (Wildman–Crippen LogP) is 3.31. The number of hydrogen-bond acceptors (Lipinski definition) is 3. The molecule has 0 saturated carbocycles. The summed E-state index contributed by atoms with van der Waals surface area (Å²) in [5, 5.41) is 1.14. The zero-order chi connectivity index (χ0) is 15.6. The summed E-state index contributed by atoms with van der Waals surface area (Å²) in [5.41, 5.74) is 13.7. The van der Waals surface area contributed by atoms with Crippen molar-refractivity contribution in [1.29, 1.82) is 0 Å². The first-order valence-corrected chi connectivity index (χ1v) is 6.98. The highest BCUT2D eigenvalue weighted by molar-refractivity contribution is 6.31. The third-order valence-corrected chi connectivity index (χ3v) is 3.72. The largest absolute Gasteiger partial charge is 0.399 e. The van der Waals surface area contributed by atoms with Gasteiger partial charge in [0.2, 0.25) is 0 Å². The molecule has 0 fully saturated rings. The number of primary amides is 1. The monoisotopic (exact) mass is 323 g/mol. The van der Waals surface area contributed by atoms with Crippen LogP contribution >= 0.6 is 23.2 Å². The number of amides is 1. The summed E-state index contributed by atoms with van der Waals surface area (Å²) < 4.78 is 0. The average Bonchev–Trinajstić information content (AvgIpc) is 2.42. The van der Waals surface area contributed by atoms with Crippen LogP contribution in [0.5, 0.6) is 0 Å². The molecule has 0 heterocycles. The zero-order valence-corrected chi connectivity index (χ0v) is 12.9. The molecule has 0 saturated heterocycles. The van der Waals surface area contributed by atoms with E-state index in [2.05, 4.69) is 0 Å². The third-order valence-electron chi connectivity index (χ3n) is 3.11. The quantitative estimate of drug-likeness (QED) is 0.848. The molecule has 0 radical (unpaired) electrons. The topological polar surface area (TPSA) is 72.3 Å². The number of carbonyl (C=O) groups excluding carboxylic acids is 1. The molecule has 0 aliphatic carbocycles. The molecule has 110 valence electrons. The molecule has 0 aliphatic rings. The highest BCUT2D eigenvalue weighted by Crippen LogP contribution is 2.27. The lowest BCUT2D eigenvalue weighted by molar-refractivity contribution is 0.100. The fourth-order valence-corrected chi connectivity index (χ4v) is 2.43. The maximum atomic E-state index is 11.5. The van der Waals surface area contributed by atoms with Crippen molar-refractivity contribution >= 4 is 40.5 Å². The molecule has 21 heavy (non-hydrogen) atoms. The van der Waals surface area contributed by atoms with E-state index in [-0.39, 0.29) is 0 Å². The van der Waals surface area contributed by atoms with E-state index < -0.39 is 5.91 Å². The van der Waals surface area contributed by atoms with Gasteiger partial charge in [0, 0.05) is 29.3 Å². The van der Waals surface area contributed by atoms with E-state index in [1.54, 1.807) is 36.4 Å². The van der Waals surface area contributed by atoms with E-state index in [1.165, 1.54) is 0 Å². The van der Waals surface area contributed by atoms with Gasteiger partial charge in [-0.15, -0.1) is 0 Å². The van der Waals surface area contributed by atoms with Crippen LogP contribution in [0.15, 0.2) is 36.4 Å². The molecule has 0 bridgehead atoms. The number of carbonyl (C=O) groups is 1. The van der Waals surface area contributed by atoms with Crippen LogP contribution in [0.1, 0.15) is 15.9 Å². The number of nitrogen functional groups attached to an aromatic ring is 1. The van der Waals surface area contributed by atoms with Crippen molar-refractivity contribution in [2.75, 3.05) is 17.7 Å². The van der Waals surface area contributed by atoms with Crippen LogP contribution in [0.4, 0.5) is 11.4 Å². The lowest BCUT2D eigenvalue weighted by atomic mass is 10.1. The number of anilines is 2. The van der Waals surface area contributed by atoms with Gasteiger partial charge < -0.3 is 16.4 Å². The Morgan fingerprint density at radius 1 is 1.19 bits per heavy atom. The fourth-order valence-electron chi connectivity index (χ4n) is 2.09. The van der Waals surface area contributed by atoms with E-state index in [9.17, 15) is 4.79 Å². The van der Waals surface area contributed by atoms with E-state index in [4.69, 9.17) is 34.7 Å². The second kappa shape index (κ2) is 6.24. The van der Waals surface area contributed by atoms with Crippen molar-refractivity contribution in [2.24, 2.45) is 5.73 Å². The molecule has 1 amide bonds. The molecule has 4 N–H and O–H groups in total. The van der Waals surface area contributed by atoms with Crippen LogP contribution < -0.4 is 16.4 Å². The van der Waals surface area contributed by atoms with Crippen molar-refractivity contribution in [1.82, 2.24) is 0 Å². The minimum absolute atomic E-state index is 0.405. The molecule has 2 aromatic rings. The molecular formula is C15H15Cl2N3O. The van der Waals surface area contributed by atoms with Gasteiger partial charge in [-0.2, -0.15) is 0 Å². The number of halogens is 2. The number of nitrogens with two attached hydrogens (primary N) is 2. The van der Waals surface area contributed by atoms with E-state index in [1.807, 2.05) is 11.9 Å². The van der Waals surface area contributed by atoms with Crippen molar-refractivity contribution in [2.45, 2.75) is 6.54 Å². The van der Waals surface area contributed by atoms with Crippen LogP contribution in [-0.2, 0) is 6.54 Å². The molecule has 4 nitrogen and oxygen atoms in total. The SMILES string of the molecule is CN(Cc1cc(N)ccc1Cl)c1cc(Cl)ccc1C(N)=O. The Bertz CT molecular complexity index is 689. The molecular weight excluding hydrogens is 309 g/mol. The van der Waals surface area contributed by atoms with Crippen molar-refractivity contribution in [3.05, 3.63) is 57.6 Å². The normalized spacial score (nSPS) is 10.4. The van der Waals surface area contributed by atoms with Crippen LogP contribution in [0.25, 0.3) is 0 Å².